The number of ether oxygens (including phenoxy) is 2. The molecule has 0 aromatic rings. The van der Waals surface area contributed by atoms with Gasteiger partial charge in [-0.25, -0.2) is 0 Å². The van der Waals surface area contributed by atoms with E-state index in [-0.39, 0.29) is 12.0 Å². The maximum atomic E-state index is 11.3. The van der Waals surface area contributed by atoms with E-state index in [0.29, 0.717) is 19.3 Å². The van der Waals surface area contributed by atoms with Crippen molar-refractivity contribution in [1.82, 2.24) is 5.32 Å². The highest BCUT2D eigenvalue weighted by molar-refractivity contribution is 5.76. The zero-order valence-electron chi connectivity index (χ0n) is 8.21. The summed E-state index contributed by atoms with van der Waals surface area (Å²) < 4.78 is 9.91. The van der Waals surface area contributed by atoms with Crippen LogP contribution in [0.25, 0.3) is 0 Å². The molecule has 0 amide bonds. The number of rotatable bonds is 4. The van der Waals surface area contributed by atoms with Gasteiger partial charge in [0.25, 0.3) is 0 Å². The summed E-state index contributed by atoms with van der Waals surface area (Å²) in [5.41, 5.74) is 0. The average molecular weight is 187 g/mol. The fourth-order valence-electron chi connectivity index (χ4n) is 1.58. The fraction of sp³-hybridized carbons (Fsp3) is 0.889. The number of carbonyl (C=O) groups is 1. The third-order valence-electron chi connectivity index (χ3n) is 2.18. The van der Waals surface area contributed by atoms with Crippen LogP contribution < -0.4 is 5.32 Å². The minimum atomic E-state index is -0.138. The van der Waals surface area contributed by atoms with Crippen LogP contribution in [0.15, 0.2) is 0 Å². The average Bonchev–Trinajstić information content (AvgIpc) is 2.54. The Morgan fingerprint density at radius 1 is 1.54 bits per heavy atom. The third kappa shape index (κ3) is 2.97. The van der Waals surface area contributed by atoms with Gasteiger partial charge in [-0.1, -0.05) is 0 Å². The molecule has 1 aliphatic rings. The highest BCUT2D eigenvalue weighted by Crippen LogP contribution is 2.13. The van der Waals surface area contributed by atoms with Gasteiger partial charge in [0.1, 0.15) is 6.04 Å². The second-order valence-corrected chi connectivity index (χ2v) is 3.20. The Morgan fingerprint density at radius 2 is 2.31 bits per heavy atom. The van der Waals surface area contributed by atoms with Crippen molar-refractivity contribution in [2.75, 3.05) is 20.3 Å². The molecular weight excluding hydrogens is 170 g/mol. The van der Waals surface area contributed by atoms with Crippen molar-refractivity contribution in [3.05, 3.63) is 0 Å². The number of hydrogen-bond donors (Lipinski definition) is 1. The van der Waals surface area contributed by atoms with Gasteiger partial charge >= 0.3 is 5.97 Å². The molecule has 0 aromatic carbocycles. The van der Waals surface area contributed by atoms with Gasteiger partial charge in [0.15, 0.2) is 0 Å². The topological polar surface area (TPSA) is 47.6 Å². The molecule has 1 N–H and O–H groups in total. The van der Waals surface area contributed by atoms with Crippen molar-refractivity contribution in [3.8, 4) is 0 Å². The second kappa shape index (κ2) is 5.19. The van der Waals surface area contributed by atoms with E-state index in [1.54, 1.807) is 7.11 Å². The predicted molar refractivity (Wildman–Crippen MR) is 48.5 cm³/mol. The van der Waals surface area contributed by atoms with Gasteiger partial charge in [0.05, 0.1) is 13.2 Å². The number of carbonyl (C=O) groups excluding carboxylic acids is 1. The predicted octanol–water partition coefficient (Wildman–Crippen LogP) is 0.316. The van der Waals surface area contributed by atoms with Crippen LogP contribution in [0.1, 0.15) is 19.8 Å². The Morgan fingerprint density at radius 3 is 2.92 bits per heavy atom. The molecule has 13 heavy (non-hydrogen) atoms. The van der Waals surface area contributed by atoms with Crippen LogP contribution >= 0.6 is 0 Å². The molecule has 1 aliphatic heterocycles. The summed E-state index contributed by atoms with van der Waals surface area (Å²) >= 11 is 0. The van der Waals surface area contributed by atoms with Crippen LogP contribution in [0.5, 0.6) is 0 Å². The van der Waals surface area contributed by atoms with Crippen molar-refractivity contribution in [1.29, 1.82) is 0 Å². The Bertz CT molecular complexity index is 172. The van der Waals surface area contributed by atoms with E-state index in [1.165, 1.54) is 0 Å². The van der Waals surface area contributed by atoms with E-state index in [2.05, 4.69) is 5.32 Å². The van der Waals surface area contributed by atoms with Crippen LogP contribution in [-0.2, 0) is 14.3 Å². The summed E-state index contributed by atoms with van der Waals surface area (Å²) in [4.78, 5) is 11.3. The van der Waals surface area contributed by atoms with Crippen LogP contribution in [0.4, 0.5) is 0 Å². The van der Waals surface area contributed by atoms with Crippen LogP contribution in [0.2, 0.25) is 0 Å². The van der Waals surface area contributed by atoms with Gasteiger partial charge in [-0.2, -0.15) is 0 Å². The van der Waals surface area contributed by atoms with Gasteiger partial charge in [0, 0.05) is 13.2 Å². The monoisotopic (exact) mass is 187 g/mol. The standard InChI is InChI=1S/C9H17NO3/c1-3-13-9(11)8-5-4-7(10-8)6-12-2/h7-8,10H,3-6H2,1-2H3/t7-,8+/m1/s1. The lowest BCUT2D eigenvalue weighted by molar-refractivity contribution is -0.145. The molecule has 1 saturated heterocycles. The highest BCUT2D eigenvalue weighted by atomic mass is 16.5. The van der Waals surface area contributed by atoms with E-state index >= 15 is 0 Å². The van der Waals surface area contributed by atoms with E-state index < -0.39 is 0 Å². The molecule has 0 unspecified atom stereocenters. The van der Waals surface area contributed by atoms with Crippen LogP contribution in [0.3, 0.4) is 0 Å². The number of hydrogen-bond acceptors (Lipinski definition) is 4. The Balaban J connectivity index is 2.27. The largest absolute Gasteiger partial charge is 0.465 e. The van der Waals surface area contributed by atoms with E-state index in [1.807, 2.05) is 6.92 Å². The normalized spacial score (nSPS) is 27.5. The first-order valence-electron chi connectivity index (χ1n) is 4.69. The van der Waals surface area contributed by atoms with Crippen LogP contribution in [0, 0.1) is 0 Å². The summed E-state index contributed by atoms with van der Waals surface area (Å²) in [5, 5.41) is 3.18. The molecule has 0 aliphatic carbocycles. The lowest BCUT2D eigenvalue weighted by Crippen LogP contribution is -2.38. The fourth-order valence-corrected chi connectivity index (χ4v) is 1.58. The molecule has 4 heteroatoms. The molecule has 2 atom stereocenters. The molecule has 0 bridgehead atoms. The third-order valence-corrected chi connectivity index (χ3v) is 2.18. The zero-order valence-corrected chi connectivity index (χ0v) is 8.21. The molecule has 0 saturated carbocycles. The van der Waals surface area contributed by atoms with E-state index in [9.17, 15) is 4.79 Å². The molecule has 1 fully saturated rings. The maximum Gasteiger partial charge on any atom is 0.323 e. The summed E-state index contributed by atoms with van der Waals surface area (Å²) in [6.07, 6.45) is 1.84. The summed E-state index contributed by atoms with van der Waals surface area (Å²) in [6.45, 7) is 2.93. The summed E-state index contributed by atoms with van der Waals surface area (Å²) in [6, 6.07) is 0.180. The quantitative estimate of drug-likeness (QED) is 0.644. The van der Waals surface area contributed by atoms with Gasteiger partial charge in [0.2, 0.25) is 0 Å². The number of esters is 1. The van der Waals surface area contributed by atoms with Crippen LogP contribution in [-0.4, -0.2) is 38.4 Å². The molecule has 76 valence electrons. The molecule has 0 spiro atoms. The first kappa shape index (κ1) is 10.5. The lowest BCUT2D eigenvalue weighted by Gasteiger charge is -2.12. The van der Waals surface area contributed by atoms with Crippen molar-refractivity contribution in [3.63, 3.8) is 0 Å². The van der Waals surface area contributed by atoms with Crippen molar-refractivity contribution >= 4 is 5.97 Å². The molecule has 0 radical (unpaired) electrons. The Labute approximate surface area is 78.6 Å². The number of methoxy groups -OCH3 is 1. The maximum absolute atomic E-state index is 11.3. The summed E-state index contributed by atoms with van der Waals surface area (Å²) in [7, 11) is 1.67. The molecule has 0 aromatic heterocycles. The first-order valence-corrected chi connectivity index (χ1v) is 4.69. The van der Waals surface area contributed by atoms with Gasteiger partial charge in [-0.05, 0) is 19.8 Å². The molecule has 4 nitrogen and oxygen atoms in total. The minimum absolute atomic E-state index is 0.125. The Kier molecular flexibility index (Phi) is 4.18. The highest BCUT2D eigenvalue weighted by Gasteiger charge is 2.29. The van der Waals surface area contributed by atoms with Gasteiger partial charge < -0.3 is 9.47 Å². The lowest BCUT2D eigenvalue weighted by atomic mass is 10.2. The van der Waals surface area contributed by atoms with Gasteiger partial charge in [-0.3, -0.25) is 10.1 Å². The second-order valence-electron chi connectivity index (χ2n) is 3.20. The summed E-state index contributed by atoms with van der Waals surface area (Å²) in [5.74, 6) is -0.138. The zero-order chi connectivity index (χ0) is 9.68. The van der Waals surface area contributed by atoms with E-state index in [4.69, 9.17) is 9.47 Å². The molecular formula is C9H17NO3. The van der Waals surface area contributed by atoms with Crippen molar-refractivity contribution < 1.29 is 14.3 Å². The molecule has 1 rings (SSSR count). The first-order chi connectivity index (χ1) is 6.27. The number of nitrogens with one attached hydrogen (secondary N) is 1. The van der Waals surface area contributed by atoms with Gasteiger partial charge in [-0.15, -0.1) is 0 Å². The smallest absolute Gasteiger partial charge is 0.323 e. The molecule has 1 heterocycles. The van der Waals surface area contributed by atoms with Crippen molar-refractivity contribution in [2.45, 2.75) is 31.8 Å². The Hall–Kier alpha value is -0.610. The van der Waals surface area contributed by atoms with Crippen molar-refractivity contribution in [2.24, 2.45) is 0 Å². The SMILES string of the molecule is CCOC(=O)[C@@H]1CC[C@H](COC)N1. The minimum Gasteiger partial charge on any atom is -0.465 e. The van der Waals surface area contributed by atoms with E-state index in [0.717, 1.165) is 12.8 Å².